The lowest BCUT2D eigenvalue weighted by Crippen LogP contribution is -1.96. The average Bonchev–Trinajstić information content (AvgIpc) is 2.81. The highest BCUT2D eigenvalue weighted by molar-refractivity contribution is 5.32. The van der Waals surface area contributed by atoms with E-state index in [0.29, 0.717) is 0 Å². The van der Waals surface area contributed by atoms with Crippen molar-refractivity contribution in [2.24, 2.45) is 0 Å². The normalized spacial score (nSPS) is 10.4. The molecule has 0 saturated carbocycles. The van der Waals surface area contributed by atoms with Gasteiger partial charge in [0.05, 0.1) is 13.2 Å². The SMILES string of the molecule is CCCCCCCCCOc1cccc(O)c1.CCCCCCCCOc1cccc(O)c1. The third-order valence-electron chi connectivity index (χ3n) is 5.42. The molecule has 33 heavy (non-hydrogen) atoms. The molecule has 0 fully saturated rings. The van der Waals surface area contributed by atoms with Gasteiger partial charge in [0.25, 0.3) is 0 Å². The first-order chi connectivity index (χ1) is 16.2. The molecule has 2 rings (SSSR count). The van der Waals surface area contributed by atoms with E-state index in [2.05, 4.69) is 13.8 Å². The third kappa shape index (κ3) is 16.9. The number of benzene rings is 2. The van der Waals surface area contributed by atoms with Crippen LogP contribution in [0.1, 0.15) is 97.3 Å². The fourth-order valence-electron chi connectivity index (χ4n) is 3.47. The zero-order valence-electron chi connectivity index (χ0n) is 20.9. The Balaban J connectivity index is 0.000000331. The van der Waals surface area contributed by atoms with Crippen LogP contribution in [0.3, 0.4) is 0 Å². The van der Waals surface area contributed by atoms with E-state index < -0.39 is 0 Å². The minimum Gasteiger partial charge on any atom is -0.508 e. The second-order valence-electron chi connectivity index (χ2n) is 8.58. The molecule has 2 aromatic carbocycles. The molecule has 0 aliphatic heterocycles. The molecule has 0 aromatic heterocycles. The first-order valence-corrected chi connectivity index (χ1v) is 13.0. The van der Waals surface area contributed by atoms with Crippen LogP contribution in [0.4, 0.5) is 0 Å². The highest BCUT2D eigenvalue weighted by Crippen LogP contribution is 2.19. The van der Waals surface area contributed by atoms with E-state index >= 15 is 0 Å². The summed E-state index contributed by atoms with van der Waals surface area (Å²) >= 11 is 0. The van der Waals surface area contributed by atoms with Crippen molar-refractivity contribution in [3.8, 4) is 23.0 Å². The second kappa shape index (κ2) is 20.3. The summed E-state index contributed by atoms with van der Waals surface area (Å²) in [5.41, 5.74) is 0. The first-order valence-electron chi connectivity index (χ1n) is 13.0. The van der Waals surface area contributed by atoms with E-state index in [0.717, 1.165) is 37.6 Å². The van der Waals surface area contributed by atoms with Gasteiger partial charge in [-0.15, -0.1) is 0 Å². The lowest BCUT2D eigenvalue weighted by Gasteiger charge is -2.06. The van der Waals surface area contributed by atoms with Crippen molar-refractivity contribution in [3.63, 3.8) is 0 Å². The second-order valence-corrected chi connectivity index (χ2v) is 8.58. The summed E-state index contributed by atoms with van der Waals surface area (Å²) in [5.74, 6) is 2.05. The smallest absolute Gasteiger partial charge is 0.122 e. The molecule has 0 aliphatic carbocycles. The van der Waals surface area contributed by atoms with Gasteiger partial charge in [-0.1, -0.05) is 96.6 Å². The highest BCUT2D eigenvalue weighted by atomic mass is 16.5. The zero-order chi connectivity index (χ0) is 24.0. The molecule has 0 unspecified atom stereocenters. The Hall–Kier alpha value is -2.36. The van der Waals surface area contributed by atoms with Gasteiger partial charge in [-0.2, -0.15) is 0 Å². The van der Waals surface area contributed by atoms with E-state index in [9.17, 15) is 10.2 Å². The summed E-state index contributed by atoms with van der Waals surface area (Å²) in [6.45, 7) is 5.96. The van der Waals surface area contributed by atoms with Crippen molar-refractivity contribution in [2.45, 2.75) is 97.3 Å². The molecule has 4 nitrogen and oxygen atoms in total. The number of unbranched alkanes of at least 4 members (excludes halogenated alkanes) is 11. The molecule has 0 amide bonds. The predicted molar refractivity (Wildman–Crippen MR) is 139 cm³/mol. The Kier molecular flexibility index (Phi) is 17.6. The third-order valence-corrected chi connectivity index (χ3v) is 5.42. The summed E-state index contributed by atoms with van der Waals surface area (Å²) in [5, 5.41) is 18.5. The minimum atomic E-state index is 0.264. The van der Waals surface area contributed by atoms with E-state index in [4.69, 9.17) is 9.47 Å². The average molecular weight is 459 g/mol. The number of aromatic hydroxyl groups is 2. The predicted octanol–water partition coefficient (Wildman–Crippen LogP) is 8.65. The lowest BCUT2D eigenvalue weighted by atomic mass is 10.1. The minimum absolute atomic E-state index is 0.264. The van der Waals surface area contributed by atoms with Gasteiger partial charge in [-0.25, -0.2) is 0 Å². The van der Waals surface area contributed by atoms with E-state index in [1.165, 1.54) is 70.6 Å². The van der Waals surface area contributed by atoms with E-state index in [1.807, 2.05) is 12.1 Å². The molecule has 0 atom stereocenters. The van der Waals surface area contributed by atoms with Crippen LogP contribution in [-0.4, -0.2) is 23.4 Å². The number of hydrogen-bond acceptors (Lipinski definition) is 4. The summed E-state index contributed by atoms with van der Waals surface area (Å²) < 4.78 is 11.1. The van der Waals surface area contributed by atoms with Crippen LogP contribution in [0, 0.1) is 0 Å². The maximum Gasteiger partial charge on any atom is 0.122 e. The molecular formula is C29H46O4. The molecule has 0 bridgehead atoms. The van der Waals surface area contributed by atoms with Crippen molar-refractivity contribution < 1.29 is 19.7 Å². The molecule has 2 aromatic rings. The standard InChI is InChI=1S/C15H24O2.C14H22O2/c1-2-3-4-5-6-7-8-12-17-15-11-9-10-14(16)13-15;1-2-3-4-5-6-7-11-16-14-10-8-9-13(15)12-14/h9-11,13,16H,2-8,12H2,1H3;8-10,12,15H,2-7,11H2,1H3. The lowest BCUT2D eigenvalue weighted by molar-refractivity contribution is 0.302. The van der Waals surface area contributed by atoms with Crippen LogP contribution in [0.2, 0.25) is 0 Å². The number of rotatable bonds is 17. The molecule has 0 radical (unpaired) electrons. The summed E-state index contributed by atoms with van der Waals surface area (Å²) in [7, 11) is 0. The van der Waals surface area contributed by atoms with E-state index in [1.54, 1.807) is 36.4 Å². The monoisotopic (exact) mass is 458 g/mol. The number of phenolic OH excluding ortho intramolecular Hbond substituents is 2. The Morgan fingerprint density at radius 1 is 0.515 bits per heavy atom. The van der Waals surface area contributed by atoms with Crippen LogP contribution in [0.25, 0.3) is 0 Å². The van der Waals surface area contributed by atoms with Crippen LogP contribution in [-0.2, 0) is 0 Å². The number of ether oxygens (including phenoxy) is 2. The molecule has 0 spiro atoms. The molecule has 4 heteroatoms. The Morgan fingerprint density at radius 2 is 0.879 bits per heavy atom. The van der Waals surface area contributed by atoms with Crippen LogP contribution >= 0.6 is 0 Å². The van der Waals surface area contributed by atoms with Crippen molar-refractivity contribution in [1.29, 1.82) is 0 Å². The van der Waals surface area contributed by atoms with Crippen molar-refractivity contribution >= 4 is 0 Å². The first kappa shape index (κ1) is 28.7. The van der Waals surface area contributed by atoms with Gasteiger partial charge in [0, 0.05) is 12.1 Å². The molecule has 0 saturated heterocycles. The van der Waals surface area contributed by atoms with Crippen molar-refractivity contribution in [3.05, 3.63) is 48.5 Å². The van der Waals surface area contributed by atoms with Gasteiger partial charge >= 0.3 is 0 Å². The van der Waals surface area contributed by atoms with Gasteiger partial charge < -0.3 is 19.7 Å². The molecule has 2 N–H and O–H groups in total. The number of phenols is 2. The Morgan fingerprint density at radius 3 is 1.24 bits per heavy atom. The van der Waals surface area contributed by atoms with Gasteiger partial charge in [-0.05, 0) is 37.1 Å². The largest absolute Gasteiger partial charge is 0.508 e. The van der Waals surface area contributed by atoms with Crippen molar-refractivity contribution in [2.75, 3.05) is 13.2 Å². The van der Waals surface area contributed by atoms with Crippen molar-refractivity contribution in [1.82, 2.24) is 0 Å². The molecule has 0 aliphatic rings. The quantitative estimate of drug-likeness (QED) is 0.233. The molecule has 186 valence electrons. The topological polar surface area (TPSA) is 58.9 Å². The maximum absolute atomic E-state index is 9.26. The van der Waals surface area contributed by atoms with Crippen LogP contribution < -0.4 is 9.47 Å². The summed E-state index contributed by atoms with van der Waals surface area (Å²) in [6.07, 6.45) is 16.6. The summed E-state index contributed by atoms with van der Waals surface area (Å²) in [4.78, 5) is 0. The fraction of sp³-hybridized carbons (Fsp3) is 0.586. The maximum atomic E-state index is 9.26. The number of hydrogen-bond donors (Lipinski definition) is 2. The fourth-order valence-corrected chi connectivity index (χ4v) is 3.47. The van der Waals surface area contributed by atoms with Crippen LogP contribution in [0.5, 0.6) is 23.0 Å². The summed E-state index contributed by atoms with van der Waals surface area (Å²) in [6, 6.07) is 14.0. The molecule has 0 heterocycles. The zero-order valence-corrected chi connectivity index (χ0v) is 20.9. The van der Waals surface area contributed by atoms with Gasteiger partial charge in [0.1, 0.15) is 23.0 Å². The molecular weight excluding hydrogens is 412 g/mol. The van der Waals surface area contributed by atoms with Gasteiger partial charge in [0.2, 0.25) is 0 Å². The van der Waals surface area contributed by atoms with Gasteiger partial charge in [-0.3, -0.25) is 0 Å². The highest BCUT2D eigenvalue weighted by Gasteiger charge is 1.96. The van der Waals surface area contributed by atoms with Gasteiger partial charge in [0.15, 0.2) is 0 Å². The van der Waals surface area contributed by atoms with E-state index in [-0.39, 0.29) is 11.5 Å². The Bertz CT molecular complexity index is 702. The van der Waals surface area contributed by atoms with Crippen LogP contribution in [0.15, 0.2) is 48.5 Å². The Labute approximate surface area is 202 Å².